The van der Waals surface area contributed by atoms with E-state index in [0.717, 1.165) is 19.3 Å². The van der Waals surface area contributed by atoms with Gasteiger partial charge in [0.05, 0.1) is 6.10 Å². The largest absolute Gasteiger partial charge is 0.393 e. The van der Waals surface area contributed by atoms with Crippen LogP contribution in [0.1, 0.15) is 74.7 Å². The Kier molecular flexibility index (Phi) is 8.41. The van der Waals surface area contributed by atoms with E-state index in [1.54, 1.807) is 0 Å². The maximum Gasteiger partial charge on any atom is 0.0542 e. The van der Waals surface area contributed by atoms with E-state index in [0.29, 0.717) is 5.41 Å². The number of aliphatic hydroxyl groups excluding tert-OH is 1. The van der Waals surface area contributed by atoms with Gasteiger partial charge >= 0.3 is 0 Å². The molecule has 1 unspecified atom stereocenters. The molecule has 0 aromatic carbocycles. The molecular weight excluding hydrogens is 184 g/mol. The second kappa shape index (κ2) is 7.27. The van der Waals surface area contributed by atoms with Gasteiger partial charge in [0, 0.05) is 0 Å². The summed E-state index contributed by atoms with van der Waals surface area (Å²) < 4.78 is 0. The molecule has 0 heterocycles. The van der Waals surface area contributed by atoms with Gasteiger partial charge < -0.3 is 5.11 Å². The highest BCUT2D eigenvalue weighted by molar-refractivity contribution is 4.78. The molecule has 15 heavy (non-hydrogen) atoms. The van der Waals surface area contributed by atoms with Gasteiger partial charge in [-0.05, 0) is 30.1 Å². The zero-order valence-electron chi connectivity index (χ0n) is 12.1. The van der Waals surface area contributed by atoms with Gasteiger partial charge in [0.15, 0.2) is 0 Å². The van der Waals surface area contributed by atoms with E-state index in [2.05, 4.69) is 34.6 Å². The predicted molar refractivity (Wildman–Crippen MR) is 70.1 cm³/mol. The summed E-state index contributed by atoms with van der Waals surface area (Å²) in [6.45, 7) is 17.3. The maximum atomic E-state index is 9.59. The van der Waals surface area contributed by atoms with Crippen molar-refractivity contribution in [2.45, 2.75) is 80.8 Å². The molecule has 0 spiro atoms. The topological polar surface area (TPSA) is 20.2 Å². The summed E-state index contributed by atoms with van der Waals surface area (Å²) in [5.41, 5.74) is 0.616. The summed E-state index contributed by atoms with van der Waals surface area (Å²) in [7, 11) is 0. The van der Waals surface area contributed by atoms with Gasteiger partial charge in [-0.25, -0.2) is 0 Å². The van der Waals surface area contributed by atoms with Gasteiger partial charge in [0.2, 0.25) is 0 Å². The number of rotatable bonds is 4. The highest BCUT2D eigenvalue weighted by Crippen LogP contribution is 2.36. The molecule has 0 amide bonds. The first-order chi connectivity index (χ1) is 6.66. The van der Waals surface area contributed by atoms with Crippen LogP contribution in [0.4, 0.5) is 0 Å². The molecule has 0 aliphatic rings. The van der Waals surface area contributed by atoms with Crippen LogP contribution in [-0.4, -0.2) is 11.2 Å². The summed E-state index contributed by atoms with van der Waals surface area (Å²) in [4.78, 5) is 0. The Morgan fingerprint density at radius 1 is 1.00 bits per heavy atom. The fourth-order valence-electron chi connectivity index (χ4n) is 2.29. The van der Waals surface area contributed by atoms with Crippen molar-refractivity contribution in [2.24, 2.45) is 10.8 Å². The van der Waals surface area contributed by atoms with E-state index in [1.807, 2.05) is 20.8 Å². The number of hydrogen-bond acceptors (Lipinski definition) is 1. The SMILES string of the molecule is CC.CCC(O)CC(C)(C)CC(C)(C)C. The normalized spacial score (nSPS) is 14.2. The lowest BCUT2D eigenvalue weighted by Crippen LogP contribution is -2.25. The van der Waals surface area contributed by atoms with Crippen LogP contribution in [0.15, 0.2) is 0 Å². The van der Waals surface area contributed by atoms with Gasteiger partial charge in [0.25, 0.3) is 0 Å². The van der Waals surface area contributed by atoms with E-state index >= 15 is 0 Å². The van der Waals surface area contributed by atoms with Gasteiger partial charge in [0.1, 0.15) is 0 Å². The molecule has 0 bridgehead atoms. The van der Waals surface area contributed by atoms with E-state index in [9.17, 15) is 5.11 Å². The summed E-state index contributed by atoms with van der Waals surface area (Å²) in [5.74, 6) is 0. The molecule has 1 nitrogen and oxygen atoms in total. The Bertz CT molecular complexity index is 142. The van der Waals surface area contributed by atoms with Crippen LogP contribution < -0.4 is 0 Å². The minimum Gasteiger partial charge on any atom is -0.393 e. The van der Waals surface area contributed by atoms with Crippen molar-refractivity contribution in [1.82, 2.24) is 0 Å². The van der Waals surface area contributed by atoms with Crippen LogP contribution in [-0.2, 0) is 0 Å². The lowest BCUT2D eigenvalue weighted by Gasteiger charge is -2.33. The molecule has 94 valence electrons. The van der Waals surface area contributed by atoms with Crippen LogP contribution in [0.25, 0.3) is 0 Å². The molecule has 0 aliphatic carbocycles. The van der Waals surface area contributed by atoms with E-state index < -0.39 is 0 Å². The van der Waals surface area contributed by atoms with E-state index in [-0.39, 0.29) is 11.5 Å². The third-order valence-corrected chi connectivity index (χ3v) is 2.27. The number of hydrogen-bond donors (Lipinski definition) is 1. The molecular formula is C14H32O. The first-order valence-corrected chi connectivity index (χ1v) is 6.34. The van der Waals surface area contributed by atoms with Crippen molar-refractivity contribution >= 4 is 0 Å². The zero-order chi connectivity index (χ0) is 12.7. The van der Waals surface area contributed by atoms with Crippen molar-refractivity contribution in [3.05, 3.63) is 0 Å². The fourth-order valence-corrected chi connectivity index (χ4v) is 2.29. The summed E-state index contributed by atoms with van der Waals surface area (Å²) in [6, 6.07) is 0. The lowest BCUT2D eigenvalue weighted by atomic mass is 9.73. The Morgan fingerprint density at radius 2 is 1.40 bits per heavy atom. The van der Waals surface area contributed by atoms with Crippen molar-refractivity contribution in [2.75, 3.05) is 0 Å². The van der Waals surface area contributed by atoms with E-state index in [4.69, 9.17) is 0 Å². The molecule has 0 saturated carbocycles. The van der Waals surface area contributed by atoms with Crippen LogP contribution in [0.3, 0.4) is 0 Å². The average molecular weight is 216 g/mol. The van der Waals surface area contributed by atoms with Gasteiger partial charge in [-0.15, -0.1) is 0 Å². The Balaban J connectivity index is 0. The van der Waals surface area contributed by atoms with Crippen molar-refractivity contribution in [3.8, 4) is 0 Å². The minimum absolute atomic E-state index is 0.127. The number of aliphatic hydroxyl groups is 1. The second-order valence-electron chi connectivity index (χ2n) is 6.17. The van der Waals surface area contributed by atoms with Crippen LogP contribution >= 0.6 is 0 Å². The minimum atomic E-state index is -0.127. The molecule has 0 saturated heterocycles. The fraction of sp³-hybridized carbons (Fsp3) is 1.00. The Morgan fingerprint density at radius 3 is 1.67 bits per heavy atom. The lowest BCUT2D eigenvalue weighted by molar-refractivity contribution is 0.0862. The van der Waals surface area contributed by atoms with Gasteiger partial charge in [-0.3, -0.25) is 0 Å². The highest BCUT2D eigenvalue weighted by atomic mass is 16.3. The maximum absolute atomic E-state index is 9.59. The van der Waals surface area contributed by atoms with Crippen LogP contribution in [0.5, 0.6) is 0 Å². The van der Waals surface area contributed by atoms with E-state index in [1.165, 1.54) is 0 Å². The highest BCUT2D eigenvalue weighted by Gasteiger charge is 2.27. The molecule has 0 rings (SSSR count). The first kappa shape index (κ1) is 17.4. The Hall–Kier alpha value is -0.0400. The molecule has 0 aromatic heterocycles. The average Bonchev–Trinajstić information content (AvgIpc) is 2.02. The van der Waals surface area contributed by atoms with Gasteiger partial charge in [-0.1, -0.05) is 55.4 Å². The van der Waals surface area contributed by atoms with Gasteiger partial charge in [-0.2, -0.15) is 0 Å². The summed E-state index contributed by atoms with van der Waals surface area (Å²) in [6.07, 6.45) is 2.82. The Labute approximate surface area is 97.3 Å². The summed E-state index contributed by atoms with van der Waals surface area (Å²) >= 11 is 0. The molecule has 1 heteroatoms. The molecule has 1 N–H and O–H groups in total. The zero-order valence-corrected chi connectivity index (χ0v) is 12.1. The van der Waals surface area contributed by atoms with Crippen LogP contribution in [0.2, 0.25) is 0 Å². The molecule has 0 aromatic rings. The second-order valence-corrected chi connectivity index (χ2v) is 6.17. The monoisotopic (exact) mass is 216 g/mol. The molecule has 0 aliphatic heterocycles. The van der Waals surface area contributed by atoms with Crippen molar-refractivity contribution < 1.29 is 5.11 Å². The van der Waals surface area contributed by atoms with Crippen molar-refractivity contribution in [1.29, 1.82) is 0 Å². The summed E-state index contributed by atoms with van der Waals surface area (Å²) in [5, 5.41) is 9.59. The molecule has 1 atom stereocenters. The third-order valence-electron chi connectivity index (χ3n) is 2.27. The molecule has 0 radical (unpaired) electrons. The first-order valence-electron chi connectivity index (χ1n) is 6.34. The standard InChI is InChI=1S/C12H26O.C2H6/c1-7-10(13)8-12(5,6)9-11(2,3)4;1-2/h10,13H,7-9H2,1-6H3;1-2H3. The van der Waals surface area contributed by atoms with Crippen molar-refractivity contribution in [3.63, 3.8) is 0 Å². The predicted octanol–water partition coefficient (Wildman–Crippen LogP) is 4.64. The molecule has 0 fully saturated rings. The smallest absolute Gasteiger partial charge is 0.0542 e. The van der Waals surface area contributed by atoms with Crippen LogP contribution in [0, 0.1) is 10.8 Å². The third kappa shape index (κ3) is 11.9. The quantitative estimate of drug-likeness (QED) is 0.726.